The maximum atomic E-state index is 12.7. The number of Topliss-reactive ketones (excluding diaryl/α,β-unsaturated/α-hetero) is 1. The van der Waals surface area contributed by atoms with Crippen molar-refractivity contribution < 1.29 is 19.2 Å². The fourth-order valence-electron chi connectivity index (χ4n) is 3.64. The average molecular weight is 432 g/mol. The van der Waals surface area contributed by atoms with Crippen LogP contribution in [0.4, 0.5) is 5.69 Å². The second-order valence-electron chi connectivity index (χ2n) is 7.36. The highest BCUT2D eigenvalue weighted by molar-refractivity contribution is 6.21. The Morgan fingerprint density at radius 3 is 2.25 bits per heavy atom. The van der Waals surface area contributed by atoms with Gasteiger partial charge in [-0.25, -0.2) is 0 Å². The van der Waals surface area contributed by atoms with Crippen molar-refractivity contribution in [2.24, 2.45) is 0 Å². The topological polar surface area (TPSA) is 89.8 Å². The van der Waals surface area contributed by atoms with E-state index in [4.69, 9.17) is 4.74 Å². The zero-order valence-corrected chi connectivity index (χ0v) is 18.2. The number of nitro benzene ring substituents is 1. The van der Waals surface area contributed by atoms with Crippen LogP contribution in [0, 0.1) is 10.1 Å². The first-order valence-corrected chi connectivity index (χ1v) is 10.1. The number of ether oxygens (including phenoxy) is 1. The number of carbonyl (C=O) groups excluding carboxylic acids is 2. The van der Waals surface area contributed by atoms with Crippen LogP contribution in [-0.2, 0) is 14.3 Å². The minimum atomic E-state index is -0.474. The van der Waals surface area contributed by atoms with E-state index < -0.39 is 4.92 Å². The summed E-state index contributed by atoms with van der Waals surface area (Å²) >= 11 is 0. The summed E-state index contributed by atoms with van der Waals surface area (Å²) in [5.74, 6) is -0.478. The normalized spacial score (nSPS) is 14.9. The van der Waals surface area contributed by atoms with Crippen molar-refractivity contribution in [2.75, 3.05) is 14.2 Å². The van der Waals surface area contributed by atoms with Crippen LogP contribution < -0.4 is 0 Å². The van der Waals surface area contributed by atoms with Gasteiger partial charge in [-0.2, -0.15) is 0 Å². The third-order valence-electron chi connectivity index (χ3n) is 5.30. The van der Waals surface area contributed by atoms with Gasteiger partial charge in [-0.1, -0.05) is 30.3 Å². The molecule has 0 amide bonds. The Hall–Kier alpha value is -4.00. The number of nitrogens with zero attached hydrogens (tertiary/aromatic N) is 2. The van der Waals surface area contributed by atoms with Gasteiger partial charge >= 0.3 is 5.97 Å². The molecular formula is C25H24N2O5. The number of hydrogen-bond acceptors (Lipinski definition) is 6. The fourth-order valence-corrected chi connectivity index (χ4v) is 3.64. The molecule has 0 saturated heterocycles. The van der Waals surface area contributed by atoms with E-state index in [2.05, 4.69) is 0 Å². The maximum Gasteiger partial charge on any atom is 0.305 e. The molecule has 7 heteroatoms. The van der Waals surface area contributed by atoms with Gasteiger partial charge in [-0.05, 0) is 54.3 Å². The number of non-ortho nitro benzene ring substituents is 1. The van der Waals surface area contributed by atoms with Crippen molar-refractivity contribution in [1.29, 1.82) is 0 Å². The lowest BCUT2D eigenvalue weighted by atomic mass is 9.91. The van der Waals surface area contributed by atoms with Crippen molar-refractivity contribution in [2.45, 2.75) is 19.8 Å². The summed E-state index contributed by atoms with van der Waals surface area (Å²) in [4.78, 5) is 36.9. The van der Waals surface area contributed by atoms with Gasteiger partial charge in [0.2, 0.25) is 0 Å². The summed E-state index contributed by atoms with van der Waals surface area (Å²) in [5, 5.41) is 11.0. The maximum absolute atomic E-state index is 12.7. The van der Waals surface area contributed by atoms with Crippen LogP contribution in [0.15, 0.2) is 78.0 Å². The van der Waals surface area contributed by atoms with Crippen LogP contribution in [0.3, 0.4) is 0 Å². The van der Waals surface area contributed by atoms with E-state index in [1.807, 2.05) is 54.4 Å². The molecule has 0 fully saturated rings. The van der Waals surface area contributed by atoms with Crippen molar-refractivity contribution in [1.82, 2.24) is 4.90 Å². The molecule has 1 heterocycles. The molecule has 164 valence electrons. The van der Waals surface area contributed by atoms with Gasteiger partial charge in [0, 0.05) is 36.1 Å². The molecule has 0 aromatic heterocycles. The van der Waals surface area contributed by atoms with E-state index in [0.717, 1.165) is 17.0 Å². The Morgan fingerprint density at radius 2 is 1.69 bits per heavy atom. The number of ketones is 1. The van der Waals surface area contributed by atoms with E-state index in [-0.39, 0.29) is 23.9 Å². The second-order valence-corrected chi connectivity index (χ2v) is 7.36. The molecule has 32 heavy (non-hydrogen) atoms. The minimum Gasteiger partial charge on any atom is -0.469 e. The molecule has 0 aliphatic carbocycles. The molecule has 2 aromatic carbocycles. The summed E-state index contributed by atoms with van der Waals surface area (Å²) in [7, 11) is 3.27. The van der Waals surface area contributed by atoms with Crippen LogP contribution in [0.5, 0.6) is 0 Å². The van der Waals surface area contributed by atoms with Gasteiger partial charge in [-0.3, -0.25) is 19.7 Å². The largest absolute Gasteiger partial charge is 0.469 e. The summed E-state index contributed by atoms with van der Waals surface area (Å²) in [6.45, 7) is 1.47. The third kappa shape index (κ3) is 5.00. The molecular weight excluding hydrogens is 408 g/mol. The van der Waals surface area contributed by atoms with Gasteiger partial charge < -0.3 is 9.64 Å². The Kier molecular flexibility index (Phi) is 7.00. The Bertz CT molecular complexity index is 1130. The van der Waals surface area contributed by atoms with Crippen molar-refractivity contribution in [3.8, 4) is 0 Å². The van der Waals surface area contributed by atoms with Crippen molar-refractivity contribution in [3.63, 3.8) is 0 Å². The molecule has 7 nitrogen and oxygen atoms in total. The summed E-state index contributed by atoms with van der Waals surface area (Å²) < 4.78 is 4.78. The standard InChI is InChI=1S/C25H24N2O5/c1-17(28)25(19-9-11-21(12-10-19)27(30)31)20-15-22(13-14-24(29)32-3)26(2)23(16-20)18-7-5-4-6-8-18/h4-12,15-16H,13-14H2,1-3H3/b25-20+. The predicted molar refractivity (Wildman–Crippen MR) is 122 cm³/mol. The second kappa shape index (κ2) is 9.87. The van der Waals surface area contributed by atoms with E-state index in [1.165, 1.54) is 26.2 Å². The molecule has 0 N–H and O–H groups in total. The highest BCUT2D eigenvalue weighted by Crippen LogP contribution is 2.35. The zero-order valence-electron chi connectivity index (χ0n) is 18.2. The van der Waals surface area contributed by atoms with E-state index in [0.29, 0.717) is 23.1 Å². The average Bonchev–Trinajstić information content (AvgIpc) is 2.79. The molecule has 1 aliphatic rings. The zero-order chi connectivity index (χ0) is 23.3. The molecule has 0 atom stereocenters. The summed E-state index contributed by atoms with van der Waals surface area (Å²) in [5.41, 5.74) is 4.38. The predicted octanol–water partition coefficient (Wildman–Crippen LogP) is 4.76. The molecule has 1 aliphatic heterocycles. The number of allylic oxidation sites excluding steroid dienone is 5. The first-order valence-electron chi connectivity index (χ1n) is 10.1. The Morgan fingerprint density at radius 1 is 1.03 bits per heavy atom. The lowest BCUT2D eigenvalue weighted by Crippen LogP contribution is -2.21. The fraction of sp³-hybridized carbons (Fsp3) is 0.200. The van der Waals surface area contributed by atoms with E-state index in [1.54, 1.807) is 12.1 Å². The molecule has 0 unspecified atom stereocenters. The Labute approximate surface area is 186 Å². The SMILES string of the molecule is COC(=O)CCC1=C/C(=C(/C(C)=O)c2ccc([N+](=O)[O-])cc2)C=C(c2ccccc2)N1C. The van der Waals surface area contributed by atoms with E-state index in [9.17, 15) is 19.7 Å². The van der Waals surface area contributed by atoms with Crippen LogP contribution in [-0.4, -0.2) is 35.7 Å². The van der Waals surface area contributed by atoms with Crippen LogP contribution in [0.1, 0.15) is 30.9 Å². The first kappa shape index (κ1) is 22.7. The monoisotopic (exact) mass is 432 g/mol. The Balaban J connectivity index is 2.16. The quantitative estimate of drug-likeness (QED) is 0.271. The van der Waals surface area contributed by atoms with E-state index >= 15 is 0 Å². The number of hydrogen-bond donors (Lipinski definition) is 0. The molecule has 0 radical (unpaired) electrons. The van der Waals surface area contributed by atoms with Crippen LogP contribution in [0.2, 0.25) is 0 Å². The van der Waals surface area contributed by atoms with Gasteiger partial charge in [0.1, 0.15) is 0 Å². The molecule has 0 saturated carbocycles. The van der Waals surface area contributed by atoms with Gasteiger partial charge in [0.25, 0.3) is 5.69 Å². The molecule has 2 aromatic rings. The summed E-state index contributed by atoms with van der Waals surface area (Å²) in [6, 6.07) is 15.7. The molecule has 0 spiro atoms. The number of methoxy groups -OCH3 is 1. The highest BCUT2D eigenvalue weighted by atomic mass is 16.6. The van der Waals surface area contributed by atoms with Crippen molar-refractivity contribution >= 4 is 28.7 Å². The first-order chi connectivity index (χ1) is 15.3. The number of rotatable bonds is 7. The number of esters is 1. The molecule has 3 rings (SSSR count). The van der Waals surface area contributed by atoms with Gasteiger partial charge in [-0.15, -0.1) is 0 Å². The van der Waals surface area contributed by atoms with Gasteiger partial charge in [0.05, 0.1) is 18.5 Å². The number of nitro groups is 1. The minimum absolute atomic E-state index is 0.0418. The van der Waals surface area contributed by atoms with Crippen LogP contribution in [0.25, 0.3) is 11.3 Å². The lowest BCUT2D eigenvalue weighted by molar-refractivity contribution is -0.384. The van der Waals surface area contributed by atoms with Crippen molar-refractivity contribution in [3.05, 3.63) is 99.3 Å². The lowest BCUT2D eigenvalue weighted by Gasteiger charge is -2.30. The third-order valence-corrected chi connectivity index (χ3v) is 5.30. The van der Waals surface area contributed by atoms with Gasteiger partial charge in [0.15, 0.2) is 5.78 Å². The smallest absolute Gasteiger partial charge is 0.305 e. The number of carbonyl (C=O) groups is 2. The van der Waals surface area contributed by atoms with Crippen LogP contribution >= 0.6 is 0 Å². The summed E-state index contributed by atoms with van der Waals surface area (Å²) in [6.07, 6.45) is 4.44. The highest BCUT2D eigenvalue weighted by Gasteiger charge is 2.22. The number of benzene rings is 2. The molecule has 0 bridgehead atoms.